The zero-order valence-corrected chi connectivity index (χ0v) is 9.85. The number of hydrogen-bond acceptors (Lipinski definition) is 5. The molecule has 5 nitrogen and oxygen atoms in total. The molecule has 0 amide bonds. The minimum atomic E-state index is -0.671. The number of carbonyl (C=O) groups is 1. The summed E-state index contributed by atoms with van der Waals surface area (Å²) in [5.74, 6) is -0.197. The van der Waals surface area contributed by atoms with Crippen molar-refractivity contribution < 1.29 is 14.7 Å². The summed E-state index contributed by atoms with van der Waals surface area (Å²) in [6.45, 7) is 0. The van der Waals surface area contributed by atoms with E-state index in [0.29, 0.717) is 10.2 Å². The minimum Gasteiger partial charge on any atom is -0.497 e. The van der Waals surface area contributed by atoms with Crippen molar-refractivity contribution in [1.82, 2.24) is 0 Å². The number of nitrogens with zero attached hydrogens (tertiary/aromatic N) is 2. The van der Waals surface area contributed by atoms with E-state index in [1.54, 1.807) is 12.1 Å². The Morgan fingerprint density at radius 2 is 2.31 bits per heavy atom. The SMILES string of the molecule is COc1ccc(Br)c(C(=O)/C(C#N)=N/O)c1. The fraction of sp³-hybridized carbons (Fsp3) is 0.100. The summed E-state index contributed by atoms with van der Waals surface area (Å²) in [5.41, 5.74) is -0.373. The third-order valence-electron chi connectivity index (χ3n) is 1.84. The molecule has 0 unspecified atom stereocenters. The summed E-state index contributed by atoms with van der Waals surface area (Å²) >= 11 is 3.16. The largest absolute Gasteiger partial charge is 0.497 e. The number of nitriles is 1. The van der Waals surface area contributed by atoms with Gasteiger partial charge in [-0.1, -0.05) is 21.1 Å². The van der Waals surface area contributed by atoms with E-state index in [1.807, 2.05) is 0 Å². The predicted octanol–water partition coefficient (Wildman–Crippen LogP) is 1.99. The maximum atomic E-state index is 11.7. The third-order valence-corrected chi connectivity index (χ3v) is 2.53. The molecule has 0 radical (unpaired) electrons. The standard InChI is InChI=1S/C10H7BrN2O3/c1-16-6-2-3-8(11)7(4-6)10(14)9(5-12)13-15/h2-4,15H,1H3/b13-9+. The molecule has 0 bridgehead atoms. The molecule has 0 spiro atoms. The summed E-state index contributed by atoms with van der Waals surface area (Å²) in [5, 5.41) is 19.7. The van der Waals surface area contributed by atoms with Gasteiger partial charge in [-0.15, -0.1) is 0 Å². The van der Waals surface area contributed by atoms with Crippen LogP contribution in [0.3, 0.4) is 0 Å². The average Bonchev–Trinajstić information content (AvgIpc) is 2.31. The van der Waals surface area contributed by atoms with Gasteiger partial charge in [-0.05, 0) is 18.2 Å². The Kier molecular flexibility index (Phi) is 4.03. The van der Waals surface area contributed by atoms with Gasteiger partial charge in [0.05, 0.1) is 7.11 Å². The molecule has 6 heteroatoms. The zero-order valence-electron chi connectivity index (χ0n) is 8.27. The molecule has 0 aliphatic rings. The van der Waals surface area contributed by atoms with Crippen molar-refractivity contribution in [2.45, 2.75) is 0 Å². The van der Waals surface area contributed by atoms with Crippen molar-refractivity contribution in [3.05, 3.63) is 28.2 Å². The van der Waals surface area contributed by atoms with Crippen molar-refractivity contribution in [2.75, 3.05) is 7.11 Å². The Morgan fingerprint density at radius 1 is 1.62 bits per heavy atom. The molecular formula is C10H7BrN2O3. The molecule has 0 aliphatic heterocycles. The van der Waals surface area contributed by atoms with Crippen LogP contribution in [0, 0.1) is 11.3 Å². The molecule has 1 N–H and O–H groups in total. The molecule has 1 aromatic rings. The first-order valence-corrected chi connectivity index (χ1v) is 4.93. The van der Waals surface area contributed by atoms with Crippen LogP contribution in [-0.2, 0) is 0 Å². The Balaban J connectivity index is 3.23. The van der Waals surface area contributed by atoms with Crippen LogP contribution in [0.25, 0.3) is 0 Å². The Bertz CT molecular complexity index is 491. The molecule has 0 saturated carbocycles. The van der Waals surface area contributed by atoms with Crippen LogP contribution in [0.1, 0.15) is 10.4 Å². The van der Waals surface area contributed by atoms with Gasteiger partial charge in [0.2, 0.25) is 11.5 Å². The van der Waals surface area contributed by atoms with E-state index < -0.39 is 11.5 Å². The average molecular weight is 283 g/mol. The van der Waals surface area contributed by atoms with Gasteiger partial charge in [0.25, 0.3) is 0 Å². The van der Waals surface area contributed by atoms with Crippen LogP contribution < -0.4 is 4.74 Å². The smallest absolute Gasteiger partial charge is 0.227 e. The fourth-order valence-corrected chi connectivity index (χ4v) is 1.48. The molecule has 16 heavy (non-hydrogen) atoms. The van der Waals surface area contributed by atoms with E-state index in [-0.39, 0.29) is 5.56 Å². The number of carbonyl (C=O) groups excluding carboxylic acids is 1. The van der Waals surface area contributed by atoms with Gasteiger partial charge in [-0.2, -0.15) is 5.26 Å². The van der Waals surface area contributed by atoms with Gasteiger partial charge >= 0.3 is 0 Å². The van der Waals surface area contributed by atoms with Gasteiger partial charge in [0.1, 0.15) is 11.8 Å². The number of halogens is 1. The van der Waals surface area contributed by atoms with E-state index in [9.17, 15) is 4.79 Å². The number of oxime groups is 1. The number of methoxy groups -OCH3 is 1. The quantitative estimate of drug-likeness (QED) is 0.398. The van der Waals surface area contributed by atoms with Crippen LogP contribution in [0.2, 0.25) is 0 Å². The second-order valence-electron chi connectivity index (χ2n) is 2.74. The van der Waals surface area contributed by atoms with Crippen LogP contribution in [0.15, 0.2) is 27.8 Å². The molecule has 0 fully saturated rings. The summed E-state index contributed by atoms with van der Waals surface area (Å²) in [6.07, 6.45) is 0. The second-order valence-corrected chi connectivity index (χ2v) is 3.59. The highest BCUT2D eigenvalue weighted by Gasteiger charge is 2.18. The lowest BCUT2D eigenvalue weighted by atomic mass is 10.1. The van der Waals surface area contributed by atoms with Crippen molar-refractivity contribution in [1.29, 1.82) is 5.26 Å². The van der Waals surface area contributed by atoms with Crippen LogP contribution in [-0.4, -0.2) is 23.8 Å². The number of hydrogen-bond donors (Lipinski definition) is 1. The molecule has 0 aromatic heterocycles. The molecule has 0 saturated heterocycles. The van der Waals surface area contributed by atoms with Gasteiger partial charge in [0, 0.05) is 10.0 Å². The minimum absolute atomic E-state index is 0.203. The van der Waals surface area contributed by atoms with Crippen molar-refractivity contribution in [2.24, 2.45) is 5.16 Å². The number of ketones is 1. The van der Waals surface area contributed by atoms with Crippen LogP contribution in [0.5, 0.6) is 5.75 Å². The topological polar surface area (TPSA) is 82.7 Å². The lowest BCUT2D eigenvalue weighted by molar-refractivity contribution is 0.106. The van der Waals surface area contributed by atoms with E-state index in [0.717, 1.165) is 0 Å². The Morgan fingerprint density at radius 3 is 2.81 bits per heavy atom. The van der Waals surface area contributed by atoms with Gasteiger partial charge in [-0.3, -0.25) is 4.79 Å². The number of rotatable bonds is 3. The lowest BCUT2D eigenvalue weighted by Gasteiger charge is -2.04. The first-order chi connectivity index (χ1) is 7.63. The number of Topliss-reactive ketones (excluding diaryl/α,β-unsaturated/α-hetero) is 1. The number of ether oxygens (including phenoxy) is 1. The van der Waals surface area contributed by atoms with Crippen LogP contribution >= 0.6 is 15.9 Å². The van der Waals surface area contributed by atoms with Gasteiger partial charge < -0.3 is 9.94 Å². The molecule has 82 valence electrons. The normalized spacial score (nSPS) is 10.7. The van der Waals surface area contributed by atoms with Gasteiger partial charge in [-0.25, -0.2) is 0 Å². The summed E-state index contributed by atoms with van der Waals surface area (Å²) in [4.78, 5) is 11.7. The first-order valence-electron chi connectivity index (χ1n) is 4.14. The zero-order chi connectivity index (χ0) is 12.1. The second kappa shape index (κ2) is 5.28. The molecule has 1 aromatic carbocycles. The summed E-state index contributed by atoms with van der Waals surface area (Å²) in [6, 6.07) is 6.22. The third kappa shape index (κ3) is 2.38. The predicted molar refractivity (Wildman–Crippen MR) is 59.9 cm³/mol. The highest BCUT2D eigenvalue weighted by atomic mass is 79.9. The number of benzene rings is 1. The van der Waals surface area contributed by atoms with Crippen molar-refractivity contribution >= 4 is 27.4 Å². The molecule has 0 aliphatic carbocycles. The van der Waals surface area contributed by atoms with E-state index in [4.69, 9.17) is 15.2 Å². The highest BCUT2D eigenvalue weighted by molar-refractivity contribution is 9.10. The van der Waals surface area contributed by atoms with Gasteiger partial charge in [0.15, 0.2) is 0 Å². The first kappa shape index (κ1) is 12.2. The maximum absolute atomic E-state index is 11.7. The van der Waals surface area contributed by atoms with E-state index in [2.05, 4.69) is 21.1 Å². The monoisotopic (exact) mass is 282 g/mol. The lowest BCUT2D eigenvalue weighted by Crippen LogP contribution is -2.13. The van der Waals surface area contributed by atoms with Crippen LogP contribution in [0.4, 0.5) is 0 Å². The summed E-state index contributed by atoms with van der Waals surface area (Å²) in [7, 11) is 1.46. The Hall–Kier alpha value is -1.87. The van der Waals surface area contributed by atoms with E-state index in [1.165, 1.54) is 19.2 Å². The molecular weight excluding hydrogens is 276 g/mol. The Labute approximate surface area is 100 Å². The maximum Gasteiger partial charge on any atom is 0.227 e. The fourth-order valence-electron chi connectivity index (χ4n) is 1.05. The van der Waals surface area contributed by atoms with Crippen molar-refractivity contribution in [3.63, 3.8) is 0 Å². The molecule has 0 atom stereocenters. The van der Waals surface area contributed by atoms with Crippen molar-refractivity contribution in [3.8, 4) is 11.8 Å². The van der Waals surface area contributed by atoms with E-state index >= 15 is 0 Å². The highest BCUT2D eigenvalue weighted by Crippen LogP contribution is 2.23. The molecule has 1 rings (SSSR count). The summed E-state index contributed by atoms with van der Waals surface area (Å²) < 4.78 is 5.44. The molecule has 0 heterocycles.